The van der Waals surface area contributed by atoms with E-state index < -0.39 is 0 Å². The first-order chi connectivity index (χ1) is 9.72. The molecule has 1 heterocycles. The van der Waals surface area contributed by atoms with Gasteiger partial charge in [-0.15, -0.1) is 0 Å². The Bertz CT molecular complexity index is 550. The van der Waals surface area contributed by atoms with Gasteiger partial charge in [-0.3, -0.25) is 4.98 Å². The SMILES string of the molecule is CCCCCCCC(O)c1cc(C)nc2ccccc12. The third-order valence-corrected chi connectivity index (χ3v) is 3.82. The summed E-state index contributed by atoms with van der Waals surface area (Å²) in [6.07, 6.45) is 6.62. The number of aliphatic hydroxyl groups excluding tert-OH is 1. The maximum Gasteiger partial charge on any atom is 0.0797 e. The van der Waals surface area contributed by atoms with Gasteiger partial charge in [0.2, 0.25) is 0 Å². The van der Waals surface area contributed by atoms with Gasteiger partial charge in [-0.25, -0.2) is 0 Å². The zero-order valence-electron chi connectivity index (χ0n) is 12.6. The maximum atomic E-state index is 10.5. The molecule has 1 aromatic heterocycles. The van der Waals surface area contributed by atoms with E-state index in [1.54, 1.807) is 0 Å². The lowest BCUT2D eigenvalue weighted by molar-refractivity contribution is 0.164. The monoisotopic (exact) mass is 271 g/mol. The van der Waals surface area contributed by atoms with Crippen molar-refractivity contribution in [2.45, 2.75) is 58.5 Å². The zero-order chi connectivity index (χ0) is 14.4. The number of fused-ring (bicyclic) bond motifs is 1. The summed E-state index contributed by atoms with van der Waals surface area (Å²) in [5.74, 6) is 0. The summed E-state index contributed by atoms with van der Waals surface area (Å²) in [4.78, 5) is 4.53. The minimum atomic E-state index is -0.372. The molecule has 0 saturated carbocycles. The van der Waals surface area contributed by atoms with Gasteiger partial charge in [0.15, 0.2) is 0 Å². The molecule has 0 radical (unpaired) electrons. The second-order valence-electron chi connectivity index (χ2n) is 5.59. The predicted molar refractivity (Wildman–Crippen MR) is 84.8 cm³/mol. The molecule has 20 heavy (non-hydrogen) atoms. The highest BCUT2D eigenvalue weighted by atomic mass is 16.3. The van der Waals surface area contributed by atoms with E-state index in [4.69, 9.17) is 0 Å². The molecule has 0 spiro atoms. The Morgan fingerprint density at radius 2 is 1.85 bits per heavy atom. The van der Waals surface area contributed by atoms with Crippen LogP contribution < -0.4 is 0 Å². The molecule has 0 aliphatic rings. The van der Waals surface area contributed by atoms with Crippen molar-refractivity contribution in [2.24, 2.45) is 0 Å². The van der Waals surface area contributed by atoms with E-state index >= 15 is 0 Å². The van der Waals surface area contributed by atoms with Gasteiger partial charge in [0.25, 0.3) is 0 Å². The maximum absolute atomic E-state index is 10.5. The van der Waals surface area contributed by atoms with Crippen molar-refractivity contribution in [1.82, 2.24) is 4.98 Å². The highest BCUT2D eigenvalue weighted by Gasteiger charge is 2.12. The van der Waals surface area contributed by atoms with Crippen molar-refractivity contribution in [3.05, 3.63) is 41.6 Å². The minimum Gasteiger partial charge on any atom is -0.388 e. The molecular weight excluding hydrogens is 246 g/mol. The number of unbranched alkanes of at least 4 members (excludes halogenated alkanes) is 4. The number of benzene rings is 1. The number of nitrogens with zero attached hydrogens (tertiary/aromatic N) is 1. The lowest BCUT2D eigenvalue weighted by atomic mass is 9.98. The summed E-state index contributed by atoms with van der Waals surface area (Å²) in [7, 11) is 0. The molecule has 0 saturated heterocycles. The molecule has 0 amide bonds. The molecule has 0 fully saturated rings. The Hall–Kier alpha value is -1.41. The Morgan fingerprint density at radius 3 is 2.65 bits per heavy atom. The first-order valence-electron chi connectivity index (χ1n) is 7.76. The first-order valence-corrected chi connectivity index (χ1v) is 7.76. The second kappa shape index (κ2) is 7.39. The Kier molecular flexibility index (Phi) is 5.54. The van der Waals surface area contributed by atoms with Crippen molar-refractivity contribution in [2.75, 3.05) is 0 Å². The Morgan fingerprint density at radius 1 is 1.10 bits per heavy atom. The van der Waals surface area contributed by atoms with Crippen LogP contribution in [0.5, 0.6) is 0 Å². The van der Waals surface area contributed by atoms with E-state index in [1.165, 1.54) is 25.7 Å². The predicted octanol–water partition coefficient (Wildman–Crippen LogP) is 4.94. The van der Waals surface area contributed by atoms with Crippen LogP contribution in [0.1, 0.15) is 62.8 Å². The van der Waals surface area contributed by atoms with E-state index in [1.807, 2.05) is 31.2 Å². The molecule has 0 aliphatic carbocycles. The average molecular weight is 271 g/mol. The number of pyridine rings is 1. The van der Waals surface area contributed by atoms with Gasteiger partial charge in [-0.1, -0.05) is 57.2 Å². The Balaban J connectivity index is 2.07. The molecule has 1 aromatic carbocycles. The summed E-state index contributed by atoms with van der Waals surface area (Å²) in [5, 5.41) is 11.6. The highest BCUT2D eigenvalue weighted by Crippen LogP contribution is 2.27. The summed E-state index contributed by atoms with van der Waals surface area (Å²) in [6.45, 7) is 4.21. The lowest BCUT2D eigenvalue weighted by Gasteiger charge is -2.14. The molecule has 1 N–H and O–H groups in total. The topological polar surface area (TPSA) is 33.1 Å². The normalized spacial score (nSPS) is 12.8. The van der Waals surface area contributed by atoms with E-state index in [2.05, 4.69) is 18.0 Å². The van der Waals surface area contributed by atoms with E-state index in [0.29, 0.717) is 0 Å². The van der Waals surface area contributed by atoms with Crippen molar-refractivity contribution >= 4 is 10.9 Å². The number of aryl methyl sites for hydroxylation is 1. The molecule has 2 heteroatoms. The Labute approximate surface area is 121 Å². The van der Waals surface area contributed by atoms with Crippen LogP contribution in [0.25, 0.3) is 10.9 Å². The van der Waals surface area contributed by atoms with Crippen LogP contribution in [-0.4, -0.2) is 10.1 Å². The third kappa shape index (κ3) is 3.80. The zero-order valence-corrected chi connectivity index (χ0v) is 12.6. The van der Waals surface area contributed by atoms with Gasteiger partial charge in [-0.05, 0) is 31.0 Å². The van der Waals surface area contributed by atoms with Crippen molar-refractivity contribution in [3.8, 4) is 0 Å². The van der Waals surface area contributed by atoms with Crippen molar-refractivity contribution in [1.29, 1.82) is 0 Å². The number of hydrogen-bond donors (Lipinski definition) is 1. The number of para-hydroxylation sites is 1. The van der Waals surface area contributed by atoms with E-state index in [9.17, 15) is 5.11 Å². The fourth-order valence-corrected chi connectivity index (χ4v) is 2.71. The summed E-state index contributed by atoms with van der Waals surface area (Å²) >= 11 is 0. The van der Waals surface area contributed by atoms with Crippen LogP contribution >= 0.6 is 0 Å². The van der Waals surface area contributed by atoms with Gasteiger partial charge in [0.05, 0.1) is 11.6 Å². The molecule has 1 unspecified atom stereocenters. The molecule has 2 aromatic rings. The quantitative estimate of drug-likeness (QED) is 0.724. The molecule has 0 bridgehead atoms. The number of hydrogen-bond acceptors (Lipinski definition) is 2. The number of aliphatic hydroxyl groups is 1. The summed E-state index contributed by atoms with van der Waals surface area (Å²) in [5.41, 5.74) is 2.99. The molecule has 1 atom stereocenters. The molecule has 2 rings (SSSR count). The average Bonchev–Trinajstić information content (AvgIpc) is 2.46. The molecular formula is C18H25NO. The van der Waals surface area contributed by atoms with Crippen molar-refractivity contribution < 1.29 is 5.11 Å². The third-order valence-electron chi connectivity index (χ3n) is 3.82. The number of aromatic nitrogens is 1. The molecule has 108 valence electrons. The molecule has 2 nitrogen and oxygen atoms in total. The first kappa shape index (κ1) is 15.0. The number of rotatable bonds is 7. The van der Waals surface area contributed by atoms with Crippen LogP contribution in [0.2, 0.25) is 0 Å². The standard InChI is InChI=1S/C18H25NO/c1-3-4-5-6-7-12-18(20)16-13-14(2)19-17-11-9-8-10-15(16)17/h8-11,13,18,20H,3-7,12H2,1-2H3. The highest BCUT2D eigenvalue weighted by molar-refractivity contribution is 5.82. The van der Waals surface area contributed by atoms with Crippen LogP contribution in [0.3, 0.4) is 0 Å². The fraction of sp³-hybridized carbons (Fsp3) is 0.500. The summed E-state index contributed by atoms with van der Waals surface area (Å²) in [6, 6.07) is 10.1. The lowest BCUT2D eigenvalue weighted by Crippen LogP contribution is -2.01. The van der Waals surface area contributed by atoms with Crippen molar-refractivity contribution in [3.63, 3.8) is 0 Å². The van der Waals surface area contributed by atoms with E-state index in [-0.39, 0.29) is 6.10 Å². The second-order valence-corrected chi connectivity index (χ2v) is 5.59. The molecule has 0 aliphatic heterocycles. The van der Waals surface area contributed by atoms with Gasteiger partial charge in [0, 0.05) is 11.1 Å². The van der Waals surface area contributed by atoms with Crippen LogP contribution in [0, 0.1) is 6.92 Å². The van der Waals surface area contributed by atoms with Crippen LogP contribution in [0.4, 0.5) is 0 Å². The van der Waals surface area contributed by atoms with Crippen LogP contribution in [0.15, 0.2) is 30.3 Å². The van der Waals surface area contributed by atoms with E-state index in [0.717, 1.165) is 35.0 Å². The smallest absolute Gasteiger partial charge is 0.0797 e. The van der Waals surface area contributed by atoms with Gasteiger partial charge in [-0.2, -0.15) is 0 Å². The minimum absolute atomic E-state index is 0.372. The summed E-state index contributed by atoms with van der Waals surface area (Å²) < 4.78 is 0. The largest absolute Gasteiger partial charge is 0.388 e. The van der Waals surface area contributed by atoms with Gasteiger partial charge in [0.1, 0.15) is 0 Å². The van der Waals surface area contributed by atoms with Crippen LogP contribution in [-0.2, 0) is 0 Å². The fourth-order valence-electron chi connectivity index (χ4n) is 2.71. The van der Waals surface area contributed by atoms with Gasteiger partial charge >= 0.3 is 0 Å². The van der Waals surface area contributed by atoms with Gasteiger partial charge < -0.3 is 5.11 Å².